The summed E-state index contributed by atoms with van der Waals surface area (Å²) >= 11 is 0. The number of ketones is 1. The molecule has 0 spiro atoms. The van der Waals surface area contributed by atoms with Crippen LogP contribution in [0.1, 0.15) is 136 Å². The van der Waals surface area contributed by atoms with Gasteiger partial charge in [0, 0.05) is 121 Å². The van der Waals surface area contributed by atoms with Crippen LogP contribution in [0.3, 0.4) is 0 Å². The molecule has 1 aromatic rings. The average Bonchev–Trinajstić information content (AvgIpc) is 0.792. The van der Waals surface area contributed by atoms with Crippen LogP contribution in [0.5, 0.6) is 5.75 Å². The first-order chi connectivity index (χ1) is 61.8. The molecule has 3 fully saturated rings. The Morgan fingerprint density at radius 3 is 1.09 bits per heavy atom. The Balaban J connectivity index is 1.52. The number of hydrogen-bond acceptors (Lipinski definition) is 41. The molecule has 130 heavy (non-hydrogen) atoms. The van der Waals surface area contributed by atoms with E-state index in [4.69, 9.17) is 109 Å². The number of ether oxygens (including phenoxy) is 21. The smallest absolute Gasteiger partial charge is 0.321 e. The molecular formula is C83H129N8O38P. The molecule has 46 nitrogen and oxygen atoms in total. The third-order valence-electron chi connectivity index (χ3n) is 18.4. The average molecular weight is 1880 g/mol. The maximum atomic E-state index is 14.9. The van der Waals surface area contributed by atoms with Gasteiger partial charge in [-0.2, -0.15) is 5.26 Å². The quantitative estimate of drug-likeness (QED) is 0.0253. The molecular weight excluding hydrogens is 1750 g/mol. The molecule has 3 heterocycles. The van der Waals surface area contributed by atoms with Crippen molar-refractivity contribution in [3.63, 3.8) is 0 Å². The molecule has 4 rings (SSSR count). The zero-order valence-corrected chi connectivity index (χ0v) is 77.5. The highest BCUT2D eigenvalue weighted by atomic mass is 31.2. The van der Waals surface area contributed by atoms with Gasteiger partial charge >= 0.3 is 62.2 Å². The van der Waals surface area contributed by atoms with Crippen molar-refractivity contribution in [3.8, 4) is 11.8 Å². The molecule has 0 aliphatic carbocycles. The Bertz CT molecular complexity index is 3640. The first kappa shape index (κ1) is 113. The summed E-state index contributed by atoms with van der Waals surface area (Å²) in [7, 11) is -1.72. The van der Waals surface area contributed by atoms with Crippen molar-refractivity contribution in [2.24, 2.45) is 0 Å². The summed E-state index contributed by atoms with van der Waals surface area (Å²) < 4.78 is 134. The van der Waals surface area contributed by atoms with E-state index in [1.807, 2.05) is 32.4 Å². The predicted molar refractivity (Wildman–Crippen MR) is 446 cm³/mol. The minimum Gasteiger partial charge on any atom is -0.463 e. The van der Waals surface area contributed by atoms with Crippen molar-refractivity contribution in [3.05, 3.63) is 29.8 Å². The van der Waals surface area contributed by atoms with E-state index in [1.165, 1.54) is 25.7 Å². The molecule has 3 saturated heterocycles. The summed E-state index contributed by atoms with van der Waals surface area (Å²) in [5, 5.41) is 22.9. The molecule has 734 valence electrons. The third-order valence-corrected chi connectivity index (χ3v) is 20.5. The summed E-state index contributed by atoms with van der Waals surface area (Å²) in [6, 6.07) is 4.03. The molecule has 17 unspecified atom stereocenters. The molecule has 3 aliphatic heterocycles. The molecule has 0 radical (unpaired) electrons. The minimum absolute atomic E-state index is 0.00143. The second-order valence-electron chi connectivity index (χ2n) is 30.1. The monoisotopic (exact) mass is 1880 g/mol. The molecule has 0 bridgehead atoms. The van der Waals surface area contributed by atoms with Gasteiger partial charge in [0.25, 0.3) is 0 Å². The molecule has 0 saturated carbocycles. The number of nitriles is 1. The van der Waals surface area contributed by atoms with Crippen LogP contribution in [0.2, 0.25) is 0 Å². The molecule has 47 heteroatoms. The fourth-order valence-electron chi connectivity index (χ4n) is 13.4. The summed E-state index contributed by atoms with van der Waals surface area (Å²) in [6.07, 6.45) is -15.5. The van der Waals surface area contributed by atoms with Gasteiger partial charge in [0.05, 0.1) is 131 Å². The highest BCUT2D eigenvalue weighted by Crippen LogP contribution is 2.46. The predicted octanol–water partition coefficient (Wildman–Crippen LogP) is 0.254. The lowest BCUT2D eigenvalue weighted by molar-refractivity contribution is -0.279. The number of amides is 5. The Morgan fingerprint density at radius 2 is 0.754 bits per heavy atom. The molecule has 17 atom stereocenters. The van der Waals surface area contributed by atoms with Crippen LogP contribution in [0.25, 0.3) is 0 Å². The second-order valence-corrected chi connectivity index (χ2v) is 31.5. The number of Topliss-reactive ketones (excluding diaryl/α,β-unsaturated/α-hetero) is 1. The van der Waals surface area contributed by atoms with Crippen molar-refractivity contribution in [1.82, 2.24) is 36.2 Å². The number of rotatable bonds is 62. The minimum atomic E-state index is -1.72. The van der Waals surface area contributed by atoms with E-state index >= 15 is 0 Å². The Labute approximate surface area is 756 Å². The molecule has 5 amide bonds. The van der Waals surface area contributed by atoms with E-state index in [2.05, 4.69) is 32.7 Å². The summed E-state index contributed by atoms with van der Waals surface area (Å²) in [4.78, 5) is 191. The zero-order valence-electron chi connectivity index (χ0n) is 76.6. The lowest BCUT2D eigenvalue weighted by atomic mass is 9.96. The highest BCUT2D eigenvalue weighted by molar-refractivity contribution is 7.45. The van der Waals surface area contributed by atoms with Crippen LogP contribution in [0, 0.1) is 11.3 Å². The number of carbonyl (C=O) groups is 15. The Hall–Kier alpha value is -9.41. The number of carbonyl (C=O) groups excluding carboxylic acids is 15. The third kappa shape index (κ3) is 44.7. The molecule has 5 N–H and O–H groups in total. The van der Waals surface area contributed by atoms with Crippen LogP contribution >= 0.6 is 8.53 Å². The SMILES string of the molecule is CC(=O)NC1C(OCCOCCOCCCC(=O)CN(CC(=O)NCCOCCOCCOC2OC(COC(C)=O)C(OC(C)=O)C(OC(C)=O)C2NC(C)=O)C(Cc2ccc(OP(OCCC#N)N(C(C)C)C(C)C)cc2)C(=O)NCCOCCOCCOC2OC(COC(C)=O)C(OC(C)=O)C(OC(C)=O)C2NC(C)=O)OC(COC(C)=O)C(OC(C)=O)C1OC(C)=O. The molecule has 1 aromatic carbocycles. The Kier molecular flexibility index (Phi) is 53.9. The summed E-state index contributed by atoms with van der Waals surface area (Å²) in [5.74, 6) is -9.66. The first-order valence-electron chi connectivity index (χ1n) is 42.5. The second kappa shape index (κ2) is 62.1. The fraction of sp³-hybridized carbons (Fsp3) is 0.735. The summed E-state index contributed by atoms with van der Waals surface area (Å²) in [5.41, 5.74) is 0.580. The zero-order chi connectivity index (χ0) is 96.4. The van der Waals surface area contributed by atoms with Crippen molar-refractivity contribution in [1.29, 1.82) is 5.26 Å². The van der Waals surface area contributed by atoms with Crippen molar-refractivity contribution < 1.29 is 180 Å². The van der Waals surface area contributed by atoms with Gasteiger partial charge in [0.2, 0.25) is 29.5 Å². The van der Waals surface area contributed by atoms with Crippen molar-refractivity contribution >= 4 is 97.6 Å². The topological polar surface area (TPSA) is 559 Å². The van der Waals surface area contributed by atoms with Crippen molar-refractivity contribution in [2.75, 3.05) is 152 Å². The van der Waals surface area contributed by atoms with Gasteiger partial charge < -0.3 is 135 Å². The largest absolute Gasteiger partial charge is 0.463 e. The lowest BCUT2D eigenvalue weighted by Crippen LogP contribution is -2.66. The summed E-state index contributed by atoms with van der Waals surface area (Å²) in [6.45, 7) is 18.8. The van der Waals surface area contributed by atoms with Crippen LogP contribution in [-0.4, -0.2) is 360 Å². The number of esters is 9. The van der Waals surface area contributed by atoms with E-state index in [0.717, 1.165) is 62.3 Å². The van der Waals surface area contributed by atoms with Crippen molar-refractivity contribution in [2.45, 2.75) is 247 Å². The van der Waals surface area contributed by atoms with Crippen LogP contribution in [-0.2, 0) is 182 Å². The van der Waals surface area contributed by atoms with Gasteiger partial charge in [-0.1, -0.05) is 12.1 Å². The van der Waals surface area contributed by atoms with Gasteiger partial charge in [0.15, 0.2) is 55.5 Å². The van der Waals surface area contributed by atoms with E-state index in [9.17, 15) is 77.2 Å². The lowest BCUT2D eigenvalue weighted by Gasteiger charge is -2.44. The van der Waals surface area contributed by atoms with Gasteiger partial charge in [-0.05, 0) is 58.2 Å². The number of nitrogens with zero attached hydrogens (tertiary/aromatic N) is 3. The normalized spacial score (nSPS) is 22.3. The first-order valence-corrected chi connectivity index (χ1v) is 43.6. The standard InChI is InChI=1S/C83H129N8O38P/c1-49(2)91(50(3)4)130(119-28-18-24-84)129-65-22-20-63(21-23-65)43-66(80(106)86-26-30-109-33-36-112-39-42-115-83-73(89-53(7)94)79(125-62(16)103)76(122-59(13)100)69(128-83)48-118-56(10)97)90(44-64(104)19-17-27-107-31-34-110-37-40-113-81-71(87-51(5)92)77(123-60(14)101)74(120-57(11)98)67(126-81)46-116-54(8)95)45-70(105)85-25-29-108-32-35-111-38-41-114-82-72(88-52(6)93)78(124-61(15)102)75(121-58(12)99)68(127-82)47-117-55(9)96/h20-23,49-50,66-69,71-79,81-83H,17-19,25-48H2,1-16H3,(H,85,105)(H,86,106)(H,87,92)(H,88,93)(H,89,94). The highest BCUT2D eigenvalue weighted by Gasteiger charge is 2.55. The van der Waals surface area contributed by atoms with Gasteiger partial charge in [-0.25, -0.2) is 4.67 Å². The maximum Gasteiger partial charge on any atom is 0.321 e. The van der Waals surface area contributed by atoms with Crippen LogP contribution < -0.4 is 31.1 Å². The maximum absolute atomic E-state index is 14.9. The Morgan fingerprint density at radius 1 is 0.415 bits per heavy atom. The van der Waals surface area contributed by atoms with E-state index < -0.39 is 223 Å². The van der Waals surface area contributed by atoms with E-state index in [-0.39, 0.29) is 162 Å². The van der Waals surface area contributed by atoms with Crippen LogP contribution in [0.15, 0.2) is 24.3 Å². The van der Waals surface area contributed by atoms with E-state index in [1.54, 1.807) is 24.3 Å². The molecule has 0 aromatic heterocycles. The fourth-order valence-corrected chi connectivity index (χ4v) is 15.0. The van der Waals surface area contributed by atoms with Gasteiger partial charge in [-0.15, -0.1) is 0 Å². The number of nitrogens with one attached hydrogen (secondary N) is 5. The van der Waals surface area contributed by atoms with E-state index in [0.29, 0.717) is 11.3 Å². The van der Waals surface area contributed by atoms with Gasteiger partial charge in [0.1, 0.15) is 67.8 Å². The number of hydrogen-bond donors (Lipinski definition) is 5. The number of benzene rings is 1. The van der Waals surface area contributed by atoms with Crippen LogP contribution in [0.4, 0.5) is 0 Å². The van der Waals surface area contributed by atoms with Gasteiger partial charge in [-0.3, -0.25) is 76.8 Å². The molecule has 3 aliphatic rings.